The summed E-state index contributed by atoms with van der Waals surface area (Å²) in [6, 6.07) is 38.8. The molecule has 0 saturated carbocycles. The van der Waals surface area contributed by atoms with Crippen LogP contribution in [-0.4, -0.2) is 67.6 Å². The third kappa shape index (κ3) is 9.66. The van der Waals surface area contributed by atoms with Gasteiger partial charge in [-0.2, -0.15) is 0 Å². The van der Waals surface area contributed by atoms with E-state index in [0.29, 0.717) is 0 Å². The summed E-state index contributed by atoms with van der Waals surface area (Å²) in [5, 5.41) is 0. The van der Waals surface area contributed by atoms with E-state index >= 15 is 0 Å². The topological polar surface area (TPSA) is 46.8 Å². The molecule has 7 heteroatoms. The van der Waals surface area contributed by atoms with Gasteiger partial charge in [-0.05, 0) is 131 Å². The normalized spacial score (nSPS) is 11.6. The quantitative estimate of drug-likeness (QED) is 0.0922. The van der Waals surface area contributed by atoms with Crippen molar-refractivity contribution >= 4 is 75.9 Å². The van der Waals surface area contributed by atoms with Crippen LogP contribution in [0.5, 0.6) is 0 Å². The summed E-state index contributed by atoms with van der Waals surface area (Å²) in [5.41, 5.74) is 20.7. The standard InChI is InChI=1S/C51H57BN6/c1-34-25-43(53-31-40-13-19-46(20-14-40)56(7)8)26-35(2)49(34)52(50-36(3)27-44(28-37(50)4)54-32-41-15-21-47(22-16-41)57(9)10)51-38(5)29-45(30-39(51)6)55-33-42-17-23-48(24-18-42)58(11)12/h13-33H,1-12H3. The average Bonchev–Trinajstić information content (AvgIpc) is 3.18. The van der Waals surface area contributed by atoms with Gasteiger partial charge in [0.05, 0.1) is 17.1 Å². The van der Waals surface area contributed by atoms with Crippen LogP contribution in [0.3, 0.4) is 0 Å². The zero-order valence-electron chi connectivity index (χ0n) is 36.4. The van der Waals surface area contributed by atoms with Crippen molar-refractivity contribution in [2.75, 3.05) is 57.0 Å². The predicted molar refractivity (Wildman–Crippen MR) is 256 cm³/mol. The largest absolute Gasteiger partial charge is 0.378 e. The lowest BCUT2D eigenvalue weighted by Crippen LogP contribution is -2.57. The van der Waals surface area contributed by atoms with Crippen LogP contribution in [0.25, 0.3) is 0 Å². The van der Waals surface area contributed by atoms with Gasteiger partial charge in [0, 0.05) is 78.0 Å². The van der Waals surface area contributed by atoms with Crippen molar-refractivity contribution in [3.8, 4) is 0 Å². The van der Waals surface area contributed by atoms with Gasteiger partial charge in [0.25, 0.3) is 0 Å². The van der Waals surface area contributed by atoms with E-state index in [1.54, 1.807) is 0 Å². The van der Waals surface area contributed by atoms with Gasteiger partial charge < -0.3 is 14.7 Å². The highest BCUT2D eigenvalue weighted by molar-refractivity contribution is 6.97. The molecule has 0 aliphatic rings. The molecule has 0 spiro atoms. The van der Waals surface area contributed by atoms with Crippen LogP contribution < -0.4 is 31.1 Å². The van der Waals surface area contributed by atoms with E-state index in [2.05, 4.69) is 208 Å². The lowest BCUT2D eigenvalue weighted by molar-refractivity contribution is 1.13. The molecule has 0 radical (unpaired) electrons. The molecule has 0 bridgehead atoms. The van der Waals surface area contributed by atoms with Gasteiger partial charge in [0.1, 0.15) is 0 Å². The van der Waals surface area contributed by atoms with Crippen molar-refractivity contribution in [3.05, 3.63) is 159 Å². The molecule has 0 amide bonds. The van der Waals surface area contributed by atoms with E-state index in [-0.39, 0.29) is 6.71 Å². The van der Waals surface area contributed by atoms with Crippen LogP contribution in [0.2, 0.25) is 0 Å². The van der Waals surface area contributed by atoms with Gasteiger partial charge in [-0.25, -0.2) is 0 Å². The Morgan fingerprint density at radius 3 is 0.741 bits per heavy atom. The second-order valence-corrected chi connectivity index (χ2v) is 16.1. The van der Waals surface area contributed by atoms with Crippen molar-refractivity contribution < 1.29 is 0 Å². The molecule has 0 heterocycles. The minimum absolute atomic E-state index is 0.00942. The molecule has 0 fully saturated rings. The zero-order chi connectivity index (χ0) is 41.7. The molecular formula is C51H57BN6. The molecule has 0 N–H and O–H groups in total. The minimum atomic E-state index is -0.00942. The highest BCUT2D eigenvalue weighted by Crippen LogP contribution is 2.24. The zero-order valence-corrected chi connectivity index (χ0v) is 36.4. The Balaban J connectivity index is 1.42. The monoisotopic (exact) mass is 764 g/mol. The Morgan fingerprint density at radius 1 is 0.345 bits per heavy atom. The third-order valence-electron chi connectivity index (χ3n) is 10.9. The van der Waals surface area contributed by atoms with E-state index in [1.807, 2.05) is 18.6 Å². The van der Waals surface area contributed by atoms with Gasteiger partial charge in [-0.3, -0.25) is 15.0 Å². The van der Waals surface area contributed by atoms with Crippen molar-refractivity contribution in [1.82, 2.24) is 0 Å². The molecule has 6 rings (SSSR count). The molecule has 0 saturated heterocycles. The average molecular weight is 765 g/mol. The van der Waals surface area contributed by atoms with E-state index < -0.39 is 0 Å². The van der Waals surface area contributed by atoms with Gasteiger partial charge in [0.2, 0.25) is 6.71 Å². The fourth-order valence-corrected chi connectivity index (χ4v) is 7.90. The molecule has 6 aromatic carbocycles. The van der Waals surface area contributed by atoms with Gasteiger partial charge in [0.15, 0.2) is 0 Å². The first-order valence-corrected chi connectivity index (χ1v) is 20.0. The van der Waals surface area contributed by atoms with Gasteiger partial charge in [-0.1, -0.05) is 86.2 Å². The summed E-state index contributed by atoms with van der Waals surface area (Å²) in [6.07, 6.45) is 5.87. The van der Waals surface area contributed by atoms with E-state index in [1.165, 1.54) is 66.8 Å². The van der Waals surface area contributed by atoms with E-state index in [9.17, 15) is 0 Å². The maximum absolute atomic E-state index is 4.95. The molecule has 0 unspecified atom stereocenters. The third-order valence-corrected chi connectivity index (χ3v) is 10.9. The smallest absolute Gasteiger partial charge is 0.243 e. The molecule has 294 valence electrons. The number of benzene rings is 6. The molecule has 6 aromatic rings. The van der Waals surface area contributed by atoms with Crippen molar-refractivity contribution in [2.45, 2.75) is 41.5 Å². The summed E-state index contributed by atoms with van der Waals surface area (Å²) in [4.78, 5) is 21.2. The van der Waals surface area contributed by atoms with E-state index in [0.717, 1.165) is 33.8 Å². The number of hydrogen-bond acceptors (Lipinski definition) is 6. The summed E-state index contributed by atoms with van der Waals surface area (Å²) in [5.74, 6) is 0. The molecular weight excluding hydrogens is 707 g/mol. The van der Waals surface area contributed by atoms with Crippen molar-refractivity contribution in [3.63, 3.8) is 0 Å². The van der Waals surface area contributed by atoms with Crippen molar-refractivity contribution in [2.24, 2.45) is 15.0 Å². The number of aliphatic imine (C=N–C) groups is 3. The number of rotatable bonds is 12. The van der Waals surface area contributed by atoms with Crippen LogP contribution in [0, 0.1) is 41.5 Å². The number of aryl methyl sites for hydroxylation is 6. The van der Waals surface area contributed by atoms with Crippen molar-refractivity contribution in [1.29, 1.82) is 0 Å². The summed E-state index contributed by atoms with van der Waals surface area (Å²) < 4.78 is 0. The van der Waals surface area contributed by atoms with Crippen LogP contribution >= 0.6 is 0 Å². The molecule has 0 aliphatic heterocycles. The maximum atomic E-state index is 4.95. The number of nitrogens with zero attached hydrogens (tertiary/aromatic N) is 6. The summed E-state index contributed by atoms with van der Waals surface area (Å²) in [6.45, 7) is 13.4. The Morgan fingerprint density at radius 2 is 0.552 bits per heavy atom. The lowest BCUT2D eigenvalue weighted by atomic mass is 9.33. The Labute approximate surface area is 347 Å². The van der Waals surface area contributed by atoms with Crippen LogP contribution in [0.15, 0.2) is 124 Å². The second-order valence-electron chi connectivity index (χ2n) is 16.1. The lowest BCUT2D eigenvalue weighted by Gasteiger charge is -2.27. The minimum Gasteiger partial charge on any atom is -0.378 e. The number of anilines is 3. The number of hydrogen-bond donors (Lipinski definition) is 0. The fourth-order valence-electron chi connectivity index (χ4n) is 7.90. The SMILES string of the molecule is Cc1cc(N=Cc2ccc(N(C)C)cc2)cc(C)c1B(c1c(C)cc(N=Cc2ccc(N(C)C)cc2)cc1C)c1c(C)cc(N=Cc2ccc(N(C)C)cc2)cc1C. The first-order chi connectivity index (χ1) is 27.7. The fraction of sp³-hybridized carbons (Fsp3) is 0.235. The van der Waals surface area contributed by atoms with Crippen LogP contribution in [0.4, 0.5) is 34.1 Å². The molecule has 6 nitrogen and oxygen atoms in total. The highest BCUT2D eigenvalue weighted by Gasteiger charge is 2.31. The molecule has 58 heavy (non-hydrogen) atoms. The summed E-state index contributed by atoms with van der Waals surface area (Å²) in [7, 11) is 12.3. The Hall–Kier alpha value is -6.21. The molecule has 0 aliphatic carbocycles. The Bertz CT molecular complexity index is 2130. The van der Waals surface area contributed by atoms with Gasteiger partial charge >= 0.3 is 0 Å². The maximum Gasteiger partial charge on any atom is 0.243 e. The highest BCUT2D eigenvalue weighted by atomic mass is 15.1. The predicted octanol–water partition coefficient (Wildman–Crippen LogP) is 9.50. The summed E-state index contributed by atoms with van der Waals surface area (Å²) >= 11 is 0. The van der Waals surface area contributed by atoms with E-state index in [4.69, 9.17) is 15.0 Å². The second kappa shape index (κ2) is 17.9. The first kappa shape index (κ1) is 41.4. The van der Waals surface area contributed by atoms with Crippen LogP contribution in [0.1, 0.15) is 50.1 Å². The van der Waals surface area contributed by atoms with Gasteiger partial charge in [-0.15, -0.1) is 0 Å². The Kier molecular flexibility index (Phi) is 12.8. The molecule has 0 aromatic heterocycles. The molecule has 0 atom stereocenters. The first-order valence-electron chi connectivity index (χ1n) is 20.0. The van der Waals surface area contributed by atoms with Crippen LogP contribution in [-0.2, 0) is 0 Å².